The quantitative estimate of drug-likeness (QED) is 0.920. The molecule has 1 fully saturated rings. The number of rotatable bonds is 4. The summed E-state index contributed by atoms with van der Waals surface area (Å²) >= 11 is 3.49. The molecule has 4 nitrogen and oxygen atoms in total. The monoisotopic (exact) mass is 314 g/mol. The van der Waals surface area contributed by atoms with Gasteiger partial charge in [-0.15, -0.1) is 0 Å². The summed E-state index contributed by atoms with van der Waals surface area (Å²) in [7, 11) is 3.75. The number of hydrogen-bond donors (Lipinski definition) is 1. The number of anilines is 1. The molecule has 1 aliphatic heterocycles. The number of nitrogens with zero attached hydrogens (tertiary/aromatic N) is 1. The molecule has 0 aliphatic carbocycles. The fraction of sp³-hybridized carbons (Fsp3) is 0.538. The van der Waals surface area contributed by atoms with Crippen molar-refractivity contribution in [3.05, 3.63) is 22.7 Å². The number of methoxy groups -OCH3 is 1. The molecule has 1 aromatic carbocycles. The Hall–Kier alpha value is -0.780. The predicted molar refractivity (Wildman–Crippen MR) is 76.6 cm³/mol. The van der Waals surface area contributed by atoms with Crippen LogP contribution < -0.4 is 15.0 Å². The Bertz CT molecular complexity index is 395. The lowest BCUT2D eigenvalue weighted by molar-refractivity contribution is 0.0340. The van der Waals surface area contributed by atoms with Crippen molar-refractivity contribution in [1.82, 2.24) is 5.32 Å². The molecule has 0 amide bonds. The summed E-state index contributed by atoms with van der Waals surface area (Å²) in [6, 6.07) is 6.01. The van der Waals surface area contributed by atoms with Crippen LogP contribution in [-0.4, -0.2) is 46.5 Å². The van der Waals surface area contributed by atoms with Gasteiger partial charge in [0, 0.05) is 31.2 Å². The zero-order valence-corrected chi connectivity index (χ0v) is 12.4. The lowest BCUT2D eigenvalue weighted by Crippen LogP contribution is -2.44. The normalized spacial score (nSPS) is 19.6. The van der Waals surface area contributed by atoms with Gasteiger partial charge in [0.05, 0.1) is 25.5 Å². The van der Waals surface area contributed by atoms with Crippen LogP contribution in [-0.2, 0) is 4.74 Å². The van der Waals surface area contributed by atoms with Gasteiger partial charge in [-0.25, -0.2) is 0 Å². The number of ether oxygens (including phenoxy) is 2. The van der Waals surface area contributed by atoms with Crippen LogP contribution in [0.5, 0.6) is 5.75 Å². The molecule has 1 unspecified atom stereocenters. The van der Waals surface area contributed by atoms with Crippen molar-refractivity contribution < 1.29 is 9.47 Å². The van der Waals surface area contributed by atoms with Crippen LogP contribution in [0.15, 0.2) is 22.7 Å². The molecule has 1 heterocycles. The van der Waals surface area contributed by atoms with E-state index in [9.17, 15) is 0 Å². The molecule has 1 N–H and O–H groups in total. The highest BCUT2D eigenvalue weighted by Gasteiger charge is 2.17. The summed E-state index contributed by atoms with van der Waals surface area (Å²) in [4.78, 5) is 2.17. The van der Waals surface area contributed by atoms with Gasteiger partial charge in [0.15, 0.2) is 0 Å². The SMILES string of the molecule is COc1ccc(Br)cc1N(C)CC1CNCCO1. The number of likely N-dealkylation sites (N-methyl/N-ethyl adjacent to an activating group) is 1. The maximum atomic E-state index is 5.72. The Morgan fingerprint density at radius 2 is 2.39 bits per heavy atom. The molecule has 0 radical (unpaired) electrons. The van der Waals surface area contributed by atoms with Crippen LogP contribution in [0.3, 0.4) is 0 Å². The van der Waals surface area contributed by atoms with Gasteiger partial charge in [-0.1, -0.05) is 15.9 Å². The number of hydrogen-bond acceptors (Lipinski definition) is 4. The molecule has 100 valence electrons. The highest BCUT2D eigenvalue weighted by Crippen LogP contribution is 2.30. The molecule has 1 aromatic rings. The molecule has 18 heavy (non-hydrogen) atoms. The topological polar surface area (TPSA) is 33.7 Å². The third-order valence-corrected chi connectivity index (χ3v) is 3.53. The Morgan fingerprint density at radius 1 is 1.56 bits per heavy atom. The standard InChI is InChI=1S/C13H19BrN2O2/c1-16(9-11-8-15-5-6-18-11)12-7-10(14)3-4-13(12)17-2/h3-4,7,11,15H,5-6,8-9H2,1-2H3. The highest BCUT2D eigenvalue weighted by molar-refractivity contribution is 9.10. The van der Waals surface area contributed by atoms with Gasteiger partial charge in [-0.3, -0.25) is 0 Å². The second-order valence-electron chi connectivity index (χ2n) is 4.39. The Morgan fingerprint density at radius 3 is 3.06 bits per heavy atom. The van der Waals surface area contributed by atoms with Crippen LogP contribution in [0.2, 0.25) is 0 Å². The van der Waals surface area contributed by atoms with Crippen molar-refractivity contribution >= 4 is 21.6 Å². The number of nitrogens with one attached hydrogen (secondary N) is 1. The maximum absolute atomic E-state index is 5.72. The molecular weight excluding hydrogens is 296 g/mol. The van der Waals surface area contributed by atoms with Crippen molar-refractivity contribution in [3.63, 3.8) is 0 Å². The van der Waals surface area contributed by atoms with Crippen LogP contribution in [0, 0.1) is 0 Å². The van der Waals surface area contributed by atoms with E-state index >= 15 is 0 Å². The first-order valence-electron chi connectivity index (χ1n) is 6.07. The number of benzene rings is 1. The highest BCUT2D eigenvalue weighted by atomic mass is 79.9. The smallest absolute Gasteiger partial charge is 0.142 e. The molecular formula is C13H19BrN2O2. The second-order valence-corrected chi connectivity index (χ2v) is 5.31. The Kier molecular flexibility index (Phi) is 4.86. The third kappa shape index (κ3) is 3.37. The van der Waals surface area contributed by atoms with Crippen LogP contribution in [0.4, 0.5) is 5.69 Å². The van der Waals surface area contributed by atoms with Crippen molar-refractivity contribution in [1.29, 1.82) is 0 Å². The molecule has 1 saturated heterocycles. The molecule has 1 atom stereocenters. The minimum atomic E-state index is 0.229. The predicted octanol–water partition coefficient (Wildman–Crippen LogP) is 1.88. The van der Waals surface area contributed by atoms with Crippen molar-refractivity contribution in [2.45, 2.75) is 6.10 Å². The lowest BCUT2D eigenvalue weighted by Gasteiger charge is -2.30. The number of halogens is 1. The summed E-state index contributed by atoms with van der Waals surface area (Å²) in [5.41, 5.74) is 1.07. The van der Waals surface area contributed by atoms with Gasteiger partial charge in [-0.2, -0.15) is 0 Å². The zero-order valence-electron chi connectivity index (χ0n) is 10.8. The van der Waals surface area contributed by atoms with E-state index in [0.717, 1.165) is 42.2 Å². The van der Waals surface area contributed by atoms with Gasteiger partial charge in [-0.05, 0) is 18.2 Å². The molecule has 0 aromatic heterocycles. The van der Waals surface area contributed by atoms with Crippen LogP contribution in [0.1, 0.15) is 0 Å². The summed E-state index contributed by atoms with van der Waals surface area (Å²) < 4.78 is 12.2. The largest absolute Gasteiger partial charge is 0.495 e. The van der Waals surface area contributed by atoms with Gasteiger partial charge in [0.2, 0.25) is 0 Å². The summed E-state index contributed by atoms with van der Waals surface area (Å²) in [6.45, 7) is 3.48. The van der Waals surface area contributed by atoms with E-state index in [1.54, 1.807) is 7.11 Å². The summed E-state index contributed by atoms with van der Waals surface area (Å²) in [5, 5.41) is 3.34. The molecule has 0 spiro atoms. The van der Waals surface area contributed by atoms with E-state index in [0.29, 0.717) is 0 Å². The first kappa shape index (κ1) is 13.6. The first-order valence-corrected chi connectivity index (χ1v) is 6.87. The van der Waals surface area contributed by atoms with E-state index in [2.05, 4.69) is 39.3 Å². The summed E-state index contributed by atoms with van der Waals surface area (Å²) in [6.07, 6.45) is 0.229. The molecule has 2 rings (SSSR count). The minimum absolute atomic E-state index is 0.229. The molecule has 1 aliphatic rings. The average Bonchev–Trinajstić information content (AvgIpc) is 2.40. The van der Waals surface area contributed by atoms with E-state index in [1.807, 2.05) is 12.1 Å². The average molecular weight is 315 g/mol. The van der Waals surface area contributed by atoms with Crippen LogP contribution in [0.25, 0.3) is 0 Å². The van der Waals surface area contributed by atoms with Gasteiger partial charge in [0.1, 0.15) is 5.75 Å². The summed E-state index contributed by atoms with van der Waals surface area (Å²) in [5.74, 6) is 0.879. The molecule has 0 bridgehead atoms. The lowest BCUT2D eigenvalue weighted by atomic mass is 10.2. The second kappa shape index (κ2) is 6.41. The minimum Gasteiger partial charge on any atom is -0.495 e. The van der Waals surface area contributed by atoms with Gasteiger partial charge >= 0.3 is 0 Å². The van der Waals surface area contributed by atoms with Crippen LogP contribution >= 0.6 is 15.9 Å². The van der Waals surface area contributed by atoms with E-state index < -0.39 is 0 Å². The van der Waals surface area contributed by atoms with Crippen molar-refractivity contribution in [2.24, 2.45) is 0 Å². The fourth-order valence-electron chi connectivity index (χ4n) is 2.10. The Balaban J connectivity index is 2.07. The van der Waals surface area contributed by atoms with Gasteiger partial charge in [0.25, 0.3) is 0 Å². The van der Waals surface area contributed by atoms with Crippen molar-refractivity contribution in [2.75, 3.05) is 45.3 Å². The van der Waals surface area contributed by atoms with Crippen molar-refractivity contribution in [3.8, 4) is 5.75 Å². The molecule has 5 heteroatoms. The number of morpholine rings is 1. The Labute approximate surface area is 116 Å². The molecule has 0 saturated carbocycles. The third-order valence-electron chi connectivity index (χ3n) is 3.03. The van der Waals surface area contributed by atoms with E-state index in [-0.39, 0.29) is 6.10 Å². The fourth-order valence-corrected chi connectivity index (χ4v) is 2.45. The van der Waals surface area contributed by atoms with E-state index in [4.69, 9.17) is 9.47 Å². The van der Waals surface area contributed by atoms with Gasteiger partial charge < -0.3 is 19.7 Å². The first-order chi connectivity index (χ1) is 8.70. The van der Waals surface area contributed by atoms with E-state index in [1.165, 1.54) is 0 Å². The zero-order chi connectivity index (χ0) is 13.0. The maximum Gasteiger partial charge on any atom is 0.142 e.